The fraction of sp³-hybridized carbons (Fsp3) is 0.250. The normalized spacial score (nSPS) is 10.2. The highest BCUT2D eigenvalue weighted by Crippen LogP contribution is 2.12. The molecule has 0 aliphatic rings. The van der Waals surface area contributed by atoms with E-state index in [1.807, 2.05) is 6.07 Å². The Morgan fingerprint density at radius 1 is 1.18 bits per heavy atom. The van der Waals surface area contributed by atoms with E-state index in [0.717, 1.165) is 12.1 Å². The smallest absolute Gasteiger partial charge is 0.169 e. The maximum absolute atomic E-state index is 5.70. The molecule has 0 aromatic carbocycles. The zero-order valence-electron chi connectivity index (χ0n) is 9.72. The molecule has 0 radical (unpaired) electrons. The number of nitrogens with one attached hydrogen (secondary N) is 1. The summed E-state index contributed by atoms with van der Waals surface area (Å²) >= 11 is 0. The SMILES string of the molecule is CCc1cccnc1CNc1nccnc1N. The maximum Gasteiger partial charge on any atom is 0.169 e. The topological polar surface area (TPSA) is 76.7 Å². The fourth-order valence-electron chi connectivity index (χ4n) is 1.60. The lowest BCUT2D eigenvalue weighted by atomic mass is 10.1. The summed E-state index contributed by atoms with van der Waals surface area (Å²) in [4.78, 5) is 12.4. The average Bonchev–Trinajstić information content (AvgIpc) is 2.38. The van der Waals surface area contributed by atoms with Crippen molar-refractivity contribution in [3.63, 3.8) is 0 Å². The number of aromatic nitrogens is 3. The molecule has 0 aliphatic heterocycles. The highest BCUT2D eigenvalue weighted by atomic mass is 15.1. The van der Waals surface area contributed by atoms with Crippen LogP contribution in [0.25, 0.3) is 0 Å². The van der Waals surface area contributed by atoms with E-state index in [2.05, 4.69) is 33.3 Å². The van der Waals surface area contributed by atoms with Crippen molar-refractivity contribution in [1.82, 2.24) is 15.0 Å². The number of pyridine rings is 1. The van der Waals surface area contributed by atoms with Crippen LogP contribution in [0.1, 0.15) is 18.2 Å². The number of rotatable bonds is 4. The van der Waals surface area contributed by atoms with Gasteiger partial charge in [0.1, 0.15) is 0 Å². The van der Waals surface area contributed by atoms with Gasteiger partial charge in [-0.2, -0.15) is 0 Å². The van der Waals surface area contributed by atoms with Crippen LogP contribution in [0.3, 0.4) is 0 Å². The molecule has 2 aromatic heterocycles. The van der Waals surface area contributed by atoms with Gasteiger partial charge >= 0.3 is 0 Å². The summed E-state index contributed by atoms with van der Waals surface area (Å²) in [5.74, 6) is 1.00. The van der Waals surface area contributed by atoms with Crippen molar-refractivity contribution >= 4 is 11.6 Å². The van der Waals surface area contributed by atoms with Crippen molar-refractivity contribution in [2.75, 3.05) is 11.1 Å². The minimum Gasteiger partial charge on any atom is -0.381 e. The van der Waals surface area contributed by atoms with Gasteiger partial charge in [-0.15, -0.1) is 0 Å². The second kappa shape index (κ2) is 5.25. The number of nitrogen functional groups attached to an aromatic ring is 1. The minimum absolute atomic E-state index is 0.404. The molecule has 2 rings (SSSR count). The molecule has 2 aromatic rings. The Morgan fingerprint density at radius 2 is 2.00 bits per heavy atom. The Kier molecular flexibility index (Phi) is 3.49. The van der Waals surface area contributed by atoms with E-state index in [0.29, 0.717) is 18.2 Å². The van der Waals surface area contributed by atoms with Gasteiger partial charge in [-0.1, -0.05) is 13.0 Å². The first-order chi connectivity index (χ1) is 8.31. The third-order valence-corrected chi connectivity index (χ3v) is 2.52. The molecule has 0 saturated heterocycles. The summed E-state index contributed by atoms with van der Waals surface area (Å²) in [5.41, 5.74) is 7.94. The van der Waals surface area contributed by atoms with Gasteiger partial charge in [0.25, 0.3) is 0 Å². The van der Waals surface area contributed by atoms with E-state index in [1.165, 1.54) is 5.56 Å². The van der Waals surface area contributed by atoms with E-state index < -0.39 is 0 Å². The Hall–Kier alpha value is -2.17. The van der Waals surface area contributed by atoms with Crippen LogP contribution in [0.4, 0.5) is 11.6 Å². The summed E-state index contributed by atoms with van der Waals surface area (Å²) in [7, 11) is 0. The lowest BCUT2D eigenvalue weighted by molar-refractivity contribution is 0.962. The van der Waals surface area contributed by atoms with Crippen LogP contribution in [-0.4, -0.2) is 15.0 Å². The van der Waals surface area contributed by atoms with Gasteiger partial charge in [-0.25, -0.2) is 9.97 Å². The number of hydrogen-bond acceptors (Lipinski definition) is 5. The van der Waals surface area contributed by atoms with Crippen LogP contribution >= 0.6 is 0 Å². The Morgan fingerprint density at radius 3 is 2.76 bits per heavy atom. The molecule has 0 spiro atoms. The zero-order valence-corrected chi connectivity index (χ0v) is 9.72. The summed E-state index contributed by atoms with van der Waals surface area (Å²) in [6.45, 7) is 2.71. The average molecular weight is 229 g/mol. The molecule has 2 heterocycles. The lowest BCUT2D eigenvalue weighted by Crippen LogP contribution is -2.08. The number of hydrogen-bond donors (Lipinski definition) is 2. The standard InChI is InChI=1S/C12H15N5/c1-2-9-4-3-5-14-10(9)8-17-12-11(13)15-6-7-16-12/h3-7H,2,8H2,1H3,(H2,13,15)(H,16,17). The van der Waals surface area contributed by atoms with Crippen molar-refractivity contribution in [3.05, 3.63) is 42.0 Å². The van der Waals surface area contributed by atoms with E-state index in [4.69, 9.17) is 5.73 Å². The number of nitrogens with two attached hydrogens (primary N) is 1. The largest absolute Gasteiger partial charge is 0.381 e. The van der Waals surface area contributed by atoms with Gasteiger partial charge in [0.2, 0.25) is 0 Å². The van der Waals surface area contributed by atoms with Crippen LogP contribution in [0.2, 0.25) is 0 Å². The van der Waals surface area contributed by atoms with Gasteiger partial charge in [-0.3, -0.25) is 4.98 Å². The molecule has 3 N–H and O–H groups in total. The lowest BCUT2D eigenvalue weighted by Gasteiger charge is -2.09. The molecule has 0 unspecified atom stereocenters. The highest BCUT2D eigenvalue weighted by Gasteiger charge is 2.04. The number of nitrogens with zero attached hydrogens (tertiary/aromatic N) is 3. The first kappa shape index (κ1) is 11.3. The second-order valence-corrected chi connectivity index (χ2v) is 3.61. The van der Waals surface area contributed by atoms with E-state index in [1.54, 1.807) is 18.6 Å². The molecule has 0 atom stereocenters. The number of aryl methyl sites for hydroxylation is 1. The van der Waals surface area contributed by atoms with Gasteiger partial charge in [0.05, 0.1) is 12.2 Å². The Bertz CT molecular complexity index is 498. The van der Waals surface area contributed by atoms with Gasteiger partial charge in [0, 0.05) is 18.6 Å². The summed E-state index contributed by atoms with van der Waals surface area (Å²) < 4.78 is 0. The predicted octanol–water partition coefficient (Wildman–Crippen LogP) is 1.63. The molecule has 0 fully saturated rings. The second-order valence-electron chi connectivity index (χ2n) is 3.61. The molecule has 0 aliphatic carbocycles. The molecule has 17 heavy (non-hydrogen) atoms. The molecule has 88 valence electrons. The third-order valence-electron chi connectivity index (χ3n) is 2.52. The van der Waals surface area contributed by atoms with E-state index in [9.17, 15) is 0 Å². The van der Waals surface area contributed by atoms with Crippen LogP contribution < -0.4 is 11.1 Å². The van der Waals surface area contributed by atoms with Gasteiger partial charge in [0.15, 0.2) is 11.6 Å². The number of anilines is 2. The van der Waals surface area contributed by atoms with Crippen molar-refractivity contribution in [3.8, 4) is 0 Å². The zero-order chi connectivity index (χ0) is 12.1. The van der Waals surface area contributed by atoms with Gasteiger partial charge in [-0.05, 0) is 18.1 Å². The predicted molar refractivity (Wildman–Crippen MR) is 67.4 cm³/mol. The fourth-order valence-corrected chi connectivity index (χ4v) is 1.60. The van der Waals surface area contributed by atoms with Crippen LogP contribution in [0, 0.1) is 0 Å². The Labute approximate surface area is 100 Å². The van der Waals surface area contributed by atoms with Crippen molar-refractivity contribution < 1.29 is 0 Å². The van der Waals surface area contributed by atoms with Crippen molar-refractivity contribution in [1.29, 1.82) is 0 Å². The summed E-state index contributed by atoms with van der Waals surface area (Å²) in [5, 5.41) is 3.14. The summed E-state index contributed by atoms with van der Waals surface area (Å²) in [6.07, 6.45) is 5.92. The Balaban J connectivity index is 2.10. The van der Waals surface area contributed by atoms with Gasteiger partial charge < -0.3 is 11.1 Å². The minimum atomic E-state index is 0.404. The molecule has 0 saturated carbocycles. The third kappa shape index (κ3) is 2.69. The quantitative estimate of drug-likeness (QED) is 0.833. The highest BCUT2D eigenvalue weighted by molar-refractivity contribution is 5.55. The maximum atomic E-state index is 5.70. The molecule has 0 bridgehead atoms. The van der Waals surface area contributed by atoms with E-state index >= 15 is 0 Å². The molecule has 5 nitrogen and oxygen atoms in total. The molecule has 0 amide bonds. The summed E-state index contributed by atoms with van der Waals surface area (Å²) in [6, 6.07) is 4.02. The first-order valence-electron chi connectivity index (χ1n) is 5.54. The molecule has 5 heteroatoms. The monoisotopic (exact) mass is 229 g/mol. The molecular weight excluding hydrogens is 214 g/mol. The van der Waals surface area contributed by atoms with Crippen molar-refractivity contribution in [2.24, 2.45) is 0 Å². The molecular formula is C12H15N5. The first-order valence-corrected chi connectivity index (χ1v) is 5.54. The van der Waals surface area contributed by atoms with Crippen LogP contribution in [0.5, 0.6) is 0 Å². The van der Waals surface area contributed by atoms with Crippen molar-refractivity contribution in [2.45, 2.75) is 19.9 Å². The van der Waals surface area contributed by atoms with E-state index in [-0.39, 0.29) is 0 Å². The van der Waals surface area contributed by atoms with Crippen LogP contribution in [-0.2, 0) is 13.0 Å². The van der Waals surface area contributed by atoms with Crippen LogP contribution in [0.15, 0.2) is 30.7 Å².